The standard InChI is InChI=1S/C25H28O2/c1-19(17-20(2)26)3-4-21-5-7-22(8-6-21)9-10-23-13-15-25(16-14-23)27-18-24-11-12-24/h5-8,13-16,19,24H,3-4,11-12,17-18H2,1-2H3. The Bertz CT molecular complexity index is 802. The molecule has 0 radical (unpaired) electrons. The number of Topliss-reactive ketones (excluding diaryl/α,β-unsaturated/α-hetero) is 1. The van der Waals surface area contributed by atoms with Crippen molar-refractivity contribution in [1.29, 1.82) is 0 Å². The van der Waals surface area contributed by atoms with Crippen LogP contribution in [0.5, 0.6) is 5.75 Å². The Morgan fingerprint density at radius 1 is 1.04 bits per heavy atom. The van der Waals surface area contributed by atoms with Crippen LogP contribution in [0.3, 0.4) is 0 Å². The Morgan fingerprint density at radius 3 is 2.19 bits per heavy atom. The van der Waals surface area contributed by atoms with Crippen molar-refractivity contribution >= 4 is 5.78 Å². The first-order chi connectivity index (χ1) is 13.1. The van der Waals surface area contributed by atoms with Gasteiger partial charge in [0.25, 0.3) is 0 Å². The highest BCUT2D eigenvalue weighted by atomic mass is 16.5. The summed E-state index contributed by atoms with van der Waals surface area (Å²) in [4.78, 5) is 11.2. The van der Waals surface area contributed by atoms with Crippen LogP contribution in [0.1, 0.15) is 56.2 Å². The first kappa shape index (κ1) is 19.2. The smallest absolute Gasteiger partial charge is 0.130 e. The molecular formula is C25H28O2. The maximum atomic E-state index is 11.2. The fourth-order valence-corrected chi connectivity index (χ4v) is 3.04. The molecule has 2 aromatic carbocycles. The molecule has 1 aliphatic rings. The van der Waals surface area contributed by atoms with Crippen LogP contribution in [-0.2, 0) is 11.2 Å². The van der Waals surface area contributed by atoms with Gasteiger partial charge in [0.1, 0.15) is 11.5 Å². The monoisotopic (exact) mass is 360 g/mol. The van der Waals surface area contributed by atoms with Crippen LogP contribution < -0.4 is 4.74 Å². The number of ether oxygens (including phenoxy) is 1. The zero-order valence-corrected chi connectivity index (χ0v) is 16.3. The molecule has 2 aromatic rings. The molecule has 0 aromatic heterocycles. The molecule has 3 rings (SSSR count). The molecule has 0 heterocycles. The van der Waals surface area contributed by atoms with Crippen LogP contribution in [0, 0.1) is 23.7 Å². The van der Waals surface area contributed by atoms with E-state index in [-0.39, 0.29) is 5.78 Å². The van der Waals surface area contributed by atoms with E-state index in [0.717, 1.165) is 42.2 Å². The number of benzene rings is 2. The van der Waals surface area contributed by atoms with Crippen LogP contribution in [0.15, 0.2) is 48.5 Å². The van der Waals surface area contributed by atoms with E-state index in [0.29, 0.717) is 12.3 Å². The third-order valence-electron chi connectivity index (χ3n) is 4.90. The summed E-state index contributed by atoms with van der Waals surface area (Å²) in [6.45, 7) is 4.65. The minimum absolute atomic E-state index is 0.274. The molecule has 0 spiro atoms. The number of aryl methyl sites for hydroxylation is 1. The first-order valence-electron chi connectivity index (χ1n) is 9.92. The van der Waals surface area contributed by atoms with E-state index in [2.05, 4.69) is 43.0 Å². The number of ketones is 1. The molecule has 1 atom stereocenters. The molecule has 0 bridgehead atoms. The van der Waals surface area contributed by atoms with Gasteiger partial charge in [-0.1, -0.05) is 30.9 Å². The van der Waals surface area contributed by atoms with Gasteiger partial charge in [-0.2, -0.15) is 0 Å². The molecule has 1 unspecified atom stereocenters. The zero-order chi connectivity index (χ0) is 19.1. The minimum Gasteiger partial charge on any atom is -0.493 e. The summed E-state index contributed by atoms with van der Waals surface area (Å²) in [5.74, 6) is 8.85. The average molecular weight is 360 g/mol. The van der Waals surface area contributed by atoms with Gasteiger partial charge in [-0.25, -0.2) is 0 Å². The third kappa shape index (κ3) is 6.94. The summed E-state index contributed by atoms with van der Waals surface area (Å²) >= 11 is 0. The van der Waals surface area contributed by atoms with Gasteiger partial charge in [-0.15, -0.1) is 0 Å². The molecule has 2 heteroatoms. The van der Waals surface area contributed by atoms with Gasteiger partial charge in [0, 0.05) is 17.5 Å². The van der Waals surface area contributed by atoms with Gasteiger partial charge < -0.3 is 9.53 Å². The van der Waals surface area contributed by atoms with Crippen LogP contribution in [0.4, 0.5) is 0 Å². The van der Waals surface area contributed by atoms with E-state index >= 15 is 0 Å². The van der Waals surface area contributed by atoms with Gasteiger partial charge in [-0.3, -0.25) is 0 Å². The molecular weight excluding hydrogens is 332 g/mol. The van der Waals surface area contributed by atoms with E-state index < -0.39 is 0 Å². The fourth-order valence-electron chi connectivity index (χ4n) is 3.04. The van der Waals surface area contributed by atoms with E-state index in [9.17, 15) is 4.79 Å². The quantitative estimate of drug-likeness (QED) is 0.587. The largest absolute Gasteiger partial charge is 0.493 e. The Labute approximate surface area is 163 Å². The van der Waals surface area contributed by atoms with Crippen molar-refractivity contribution in [2.24, 2.45) is 11.8 Å². The summed E-state index contributed by atoms with van der Waals surface area (Å²) in [6, 6.07) is 16.4. The number of rotatable bonds is 8. The van der Waals surface area contributed by atoms with E-state index in [1.54, 1.807) is 6.92 Å². The average Bonchev–Trinajstić information content (AvgIpc) is 3.49. The lowest BCUT2D eigenvalue weighted by Gasteiger charge is -2.08. The van der Waals surface area contributed by atoms with Crippen molar-refractivity contribution in [3.05, 3.63) is 65.2 Å². The molecule has 0 aliphatic heterocycles. The normalized spacial score (nSPS) is 14.1. The van der Waals surface area contributed by atoms with E-state index in [1.165, 1.54) is 18.4 Å². The van der Waals surface area contributed by atoms with Crippen molar-refractivity contribution < 1.29 is 9.53 Å². The highest BCUT2D eigenvalue weighted by Crippen LogP contribution is 2.29. The van der Waals surface area contributed by atoms with E-state index in [1.807, 2.05) is 24.3 Å². The second-order valence-corrected chi connectivity index (χ2v) is 7.78. The van der Waals surface area contributed by atoms with Crippen LogP contribution in [0.2, 0.25) is 0 Å². The van der Waals surface area contributed by atoms with Crippen molar-refractivity contribution in [2.75, 3.05) is 6.61 Å². The second kappa shape index (κ2) is 9.42. The molecule has 0 saturated heterocycles. The Balaban J connectivity index is 1.49. The molecule has 1 saturated carbocycles. The topological polar surface area (TPSA) is 26.3 Å². The first-order valence-corrected chi connectivity index (χ1v) is 9.92. The molecule has 0 N–H and O–H groups in total. The fraction of sp³-hybridized carbons (Fsp3) is 0.400. The van der Waals surface area contributed by atoms with Crippen molar-refractivity contribution in [3.8, 4) is 17.6 Å². The van der Waals surface area contributed by atoms with Crippen molar-refractivity contribution in [3.63, 3.8) is 0 Å². The maximum Gasteiger partial charge on any atom is 0.130 e. The minimum atomic E-state index is 0.274. The third-order valence-corrected chi connectivity index (χ3v) is 4.90. The number of hydrogen-bond donors (Lipinski definition) is 0. The van der Waals surface area contributed by atoms with Gasteiger partial charge in [0.05, 0.1) is 6.61 Å². The zero-order valence-electron chi connectivity index (χ0n) is 16.3. The van der Waals surface area contributed by atoms with Crippen molar-refractivity contribution in [2.45, 2.75) is 46.0 Å². The van der Waals surface area contributed by atoms with Gasteiger partial charge in [0.15, 0.2) is 0 Å². The molecule has 1 fully saturated rings. The highest BCUT2D eigenvalue weighted by Gasteiger charge is 2.21. The lowest BCUT2D eigenvalue weighted by molar-refractivity contribution is -0.117. The van der Waals surface area contributed by atoms with Gasteiger partial charge in [-0.05, 0) is 86.4 Å². The van der Waals surface area contributed by atoms with Crippen LogP contribution >= 0.6 is 0 Å². The summed E-state index contributed by atoms with van der Waals surface area (Å²) < 4.78 is 5.75. The SMILES string of the molecule is CC(=O)CC(C)CCc1ccc(C#Cc2ccc(OCC3CC3)cc2)cc1. The Kier molecular flexibility index (Phi) is 6.71. The molecule has 2 nitrogen and oxygen atoms in total. The van der Waals surface area contributed by atoms with Gasteiger partial charge in [0.2, 0.25) is 0 Å². The summed E-state index contributed by atoms with van der Waals surface area (Å²) in [7, 11) is 0. The number of carbonyl (C=O) groups excluding carboxylic acids is 1. The van der Waals surface area contributed by atoms with Crippen LogP contribution in [-0.4, -0.2) is 12.4 Å². The molecule has 27 heavy (non-hydrogen) atoms. The van der Waals surface area contributed by atoms with Crippen molar-refractivity contribution in [1.82, 2.24) is 0 Å². The summed E-state index contributed by atoms with van der Waals surface area (Å²) in [6.07, 6.45) is 5.33. The molecule has 140 valence electrons. The Hall–Kier alpha value is -2.53. The predicted molar refractivity (Wildman–Crippen MR) is 110 cm³/mol. The lowest BCUT2D eigenvalue weighted by atomic mass is 9.96. The molecule has 0 amide bonds. The summed E-state index contributed by atoms with van der Waals surface area (Å²) in [5.41, 5.74) is 3.31. The predicted octanol–water partition coefficient (Wildman–Crippen LogP) is 5.42. The second-order valence-electron chi connectivity index (χ2n) is 7.78. The molecule has 1 aliphatic carbocycles. The maximum absolute atomic E-state index is 11.2. The van der Waals surface area contributed by atoms with Gasteiger partial charge >= 0.3 is 0 Å². The highest BCUT2D eigenvalue weighted by molar-refractivity contribution is 5.75. The van der Waals surface area contributed by atoms with E-state index in [4.69, 9.17) is 4.74 Å². The van der Waals surface area contributed by atoms with Crippen LogP contribution in [0.25, 0.3) is 0 Å². The number of hydrogen-bond acceptors (Lipinski definition) is 2. The summed E-state index contributed by atoms with van der Waals surface area (Å²) in [5, 5.41) is 0. The lowest BCUT2D eigenvalue weighted by Crippen LogP contribution is -2.03. The Morgan fingerprint density at radius 2 is 1.63 bits per heavy atom. The number of carbonyl (C=O) groups is 1.